The molecule has 3 rings (SSSR count). The fourth-order valence-electron chi connectivity index (χ4n) is 2.31. The van der Waals surface area contributed by atoms with Gasteiger partial charge in [-0.1, -0.05) is 12.1 Å². The first-order chi connectivity index (χ1) is 12.6. The lowest BCUT2D eigenvalue weighted by molar-refractivity contribution is -0.123. The maximum atomic E-state index is 11.9. The van der Waals surface area contributed by atoms with E-state index >= 15 is 0 Å². The second-order valence-corrected chi connectivity index (χ2v) is 5.89. The molecule has 1 aromatic heterocycles. The molecule has 1 heterocycles. The molecule has 0 saturated heterocycles. The summed E-state index contributed by atoms with van der Waals surface area (Å²) in [6.07, 6.45) is 1.28. The highest BCUT2D eigenvalue weighted by Gasteiger charge is 2.06. The molecule has 1 amide bonds. The number of nitrogens with one attached hydrogen (secondary N) is 1. The molecule has 7 nitrogen and oxygen atoms in total. The number of ether oxygens (including phenoxy) is 1. The van der Waals surface area contributed by atoms with Crippen LogP contribution in [0.3, 0.4) is 0 Å². The van der Waals surface area contributed by atoms with E-state index in [1.165, 1.54) is 6.39 Å². The van der Waals surface area contributed by atoms with Gasteiger partial charge in [-0.2, -0.15) is 0 Å². The third-order valence-corrected chi connectivity index (χ3v) is 3.77. The predicted molar refractivity (Wildman–Crippen MR) is 97.8 cm³/mol. The predicted octanol–water partition coefficient (Wildman–Crippen LogP) is 2.50. The zero-order valence-electron chi connectivity index (χ0n) is 14.7. The van der Waals surface area contributed by atoms with Crippen molar-refractivity contribution in [3.05, 3.63) is 60.5 Å². The Hall–Kier alpha value is -3.35. The van der Waals surface area contributed by atoms with E-state index < -0.39 is 0 Å². The number of benzene rings is 2. The number of nitrogens with zero attached hydrogens (tertiary/aromatic N) is 3. The molecule has 0 saturated carbocycles. The van der Waals surface area contributed by atoms with Crippen LogP contribution in [-0.4, -0.2) is 36.8 Å². The van der Waals surface area contributed by atoms with E-state index in [0.717, 1.165) is 16.8 Å². The molecular weight excluding hydrogens is 332 g/mol. The number of amides is 1. The number of carbonyl (C=O) groups excluding carboxylic acids is 1. The standard InChI is InChI=1S/C19H20N4O3/c1-23(2)16-7-3-14(4-8-16)11-20-18(24)12-25-17-9-5-15(6-10-17)19-22-21-13-26-19/h3-10,13H,11-12H2,1-2H3,(H,20,24). The highest BCUT2D eigenvalue weighted by molar-refractivity contribution is 5.77. The van der Waals surface area contributed by atoms with E-state index in [-0.39, 0.29) is 12.5 Å². The minimum absolute atomic E-state index is 0.0459. The second-order valence-electron chi connectivity index (χ2n) is 5.89. The average Bonchev–Trinajstić information content (AvgIpc) is 3.20. The molecule has 7 heteroatoms. The van der Waals surface area contributed by atoms with Crippen LogP contribution in [-0.2, 0) is 11.3 Å². The van der Waals surface area contributed by atoms with Crippen LogP contribution < -0.4 is 15.0 Å². The molecule has 26 heavy (non-hydrogen) atoms. The highest BCUT2D eigenvalue weighted by Crippen LogP contribution is 2.20. The molecule has 0 unspecified atom stereocenters. The fraction of sp³-hybridized carbons (Fsp3) is 0.211. The SMILES string of the molecule is CN(C)c1ccc(CNC(=O)COc2ccc(-c3nnco3)cc2)cc1. The second kappa shape index (κ2) is 8.15. The highest BCUT2D eigenvalue weighted by atomic mass is 16.5. The van der Waals surface area contributed by atoms with Crippen molar-refractivity contribution in [2.45, 2.75) is 6.54 Å². The summed E-state index contributed by atoms with van der Waals surface area (Å²) >= 11 is 0. The number of aromatic nitrogens is 2. The van der Waals surface area contributed by atoms with E-state index in [0.29, 0.717) is 18.2 Å². The summed E-state index contributed by atoms with van der Waals surface area (Å²) in [5.41, 5.74) is 2.95. The Balaban J connectivity index is 1.45. The first kappa shape index (κ1) is 17.5. The number of anilines is 1. The van der Waals surface area contributed by atoms with Crippen LogP contribution in [0.2, 0.25) is 0 Å². The lowest BCUT2D eigenvalue weighted by atomic mass is 10.2. The van der Waals surface area contributed by atoms with E-state index in [2.05, 4.69) is 15.5 Å². The van der Waals surface area contributed by atoms with Gasteiger partial charge >= 0.3 is 0 Å². The molecule has 1 N–H and O–H groups in total. The third kappa shape index (κ3) is 4.60. The molecule has 0 fully saturated rings. The van der Waals surface area contributed by atoms with Crippen molar-refractivity contribution in [2.75, 3.05) is 25.6 Å². The zero-order chi connectivity index (χ0) is 18.4. The number of carbonyl (C=O) groups is 1. The molecule has 0 atom stereocenters. The molecule has 0 radical (unpaired) electrons. The van der Waals surface area contributed by atoms with Gasteiger partial charge in [0, 0.05) is 31.9 Å². The van der Waals surface area contributed by atoms with Crippen LogP contribution >= 0.6 is 0 Å². The third-order valence-electron chi connectivity index (χ3n) is 3.77. The number of rotatable bonds is 7. The van der Waals surface area contributed by atoms with Gasteiger partial charge in [-0.05, 0) is 42.0 Å². The molecule has 0 spiro atoms. The van der Waals surface area contributed by atoms with Gasteiger partial charge in [-0.15, -0.1) is 10.2 Å². The van der Waals surface area contributed by atoms with E-state index in [9.17, 15) is 4.79 Å². The minimum Gasteiger partial charge on any atom is -0.484 e. The smallest absolute Gasteiger partial charge is 0.258 e. The molecule has 2 aromatic carbocycles. The summed E-state index contributed by atoms with van der Waals surface area (Å²) in [5, 5.41) is 10.3. The van der Waals surface area contributed by atoms with Crippen molar-refractivity contribution in [2.24, 2.45) is 0 Å². The Morgan fingerprint density at radius 1 is 1.12 bits per heavy atom. The van der Waals surface area contributed by atoms with Crippen LogP contribution in [0.5, 0.6) is 5.75 Å². The van der Waals surface area contributed by atoms with Gasteiger partial charge in [0.05, 0.1) is 0 Å². The van der Waals surface area contributed by atoms with Crippen LogP contribution in [0.4, 0.5) is 5.69 Å². The molecule has 134 valence electrons. The van der Waals surface area contributed by atoms with Crippen molar-refractivity contribution >= 4 is 11.6 Å². The summed E-state index contributed by atoms with van der Waals surface area (Å²) in [4.78, 5) is 14.0. The van der Waals surface area contributed by atoms with Crippen molar-refractivity contribution in [1.29, 1.82) is 0 Å². The van der Waals surface area contributed by atoms with Crippen molar-refractivity contribution < 1.29 is 13.9 Å². The maximum Gasteiger partial charge on any atom is 0.258 e. The average molecular weight is 352 g/mol. The summed E-state index contributed by atoms with van der Waals surface area (Å²) in [6.45, 7) is 0.418. The summed E-state index contributed by atoms with van der Waals surface area (Å²) in [5.74, 6) is 0.857. The van der Waals surface area contributed by atoms with Gasteiger partial charge < -0.3 is 19.4 Å². The van der Waals surface area contributed by atoms with Gasteiger partial charge in [0.2, 0.25) is 12.3 Å². The van der Waals surface area contributed by atoms with Gasteiger partial charge in [0.25, 0.3) is 5.91 Å². The van der Waals surface area contributed by atoms with Crippen molar-refractivity contribution in [3.63, 3.8) is 0 Å². The van der Waals surface area contributed by atoms with Gasteiger partial charge in [-0.25, -0.2) is 0 Å². The lowest BCUT2D eigenvalue weighted by Gasteiger charge is -2.13. The number of hydrogen-bond acceptors (Lipinski definition) is 6. The Labute approximate surface area is 151 Å². The summed E-state index contributed by atoms with van der Waals surface area (Å²) < 4.78 is 10.6. The monoisotopic (exact) mass is 352 g/mol. The van der Waals surface area contributed by atoms with E-state index in [1.54, 1.807) is 24.3 Å². The fourth-order valence-corrected chi connectivity index (χ4v) is 2.31. The maximum absolute atomic E-state index is 11.9. The van der Waals surface area contributed by atoms with E-state index in [4.69, 9.17) is 9.15 Å². The zero-order valence-corrected chi connectivity index (χ0v) is 14.7. The quantitative estimate of drug-likeness (QED) is 0.704. The molecular formula is C19H20N4O3. The Kier molecular flexibility index (Phi) is 5.48. The molecule has 0 aliphatic heterocycles. The first-order valence-corrected chi connectivity index (χ1v) is 8.14. The minimum atomic E-state index is -0.178. The van der Waals surface area contributed by atoms with Crippen LogP contribution in [0, 0.1) is 0 Å². The van der Waals surface area contributed by atoms with Gasteiger partial charge in [0.1, 0.15) is 5.75 Å². The number of hydrogen-bond donors (Lipinski definition) is 1. The summed E-state index contributed by atoms with van der Waals surface area (Å²) in [6, 6.07) is 15.1. The van der Waals surface area contributed by atoms with Gasteiger partial charge in [0.15, 0.2) is 6.61 Å². The van der Waals surface area contributed by atoms with Crippen molar-refractivity contribution in [1.82, 2.24) is 15.5 Å². The molecule has 3 aromatic rings. The van der Waals surface area contributed by atoms with Crippen LogP contribution in [0.15, 0.2) is 59.3 Å². The Bertz CT molecular complexity index is 828. The lowest BCUT2D eigenvalue weighted by Crippen LogP contribution is -2.28. The molecule has 0 aliphatic carbocycles. The summed E-state index contributed by atoms with van der Waals surface area (Å²) in [7, 11) is 3.98. The van der Waals surface area contributed by atoms with E-state index in [1.807, 2.05) is 43.3 Å². The largest absolute Gasteiger partial charge is 0.484 e. The van der Waals surface area contributed by atoms with Gasteiger partial charge in [-0.3, -0.25) is 4.79 Å². The normalized spacial score (nSPS) is 10.4. The van der Waals surface area contributed by atoms with Crippen LogP contribution in [0.25, 0.3) is 11.5 Å². The molecule has 0 bridgehead atoms. The Morgan fingerprint density at radius 3 is 2.46 bits per heavy atom. The van der Waals surface area contributed by atoms with Crippen molar-refractivity contribution in [3.8, 4) is 17.2 Å². The topological polar surface area (TPSA) is 80.5 Å². The first-order valence-electron chi connectivity index (χ1n) is 8.14. The Morgan fingerprint density at radius 2 is 1.85 bits per heavy atom. The van der Waals surface area contributed by atoms with Crippen LogP contribution in [0.1, 0.15) is 5.56 Å². The molecule has 0 aliphatic rings.